The molecule has 1 N–H and O–H groups in total. The Morgan fingerprint density at radius 1 is 1.03 bits per heavy atom. The Morgan fingerprint density at radius 2 is 1.66 bits per heavy atom. The second-order valence-electron chi connectivity index (χ2n) is 8.41. The lowest BCUT2D eigenvalue weighted by atomic mass is 9.91. The molecule has 0 radical (unpaired) electrons. The van der Waals surface area contributed by atoms with Crippen LogP contribution in [0.3, 0.4) is 0 Å². The van der Waals surface area contributed by atoms with Gasteiger partial charge in [0.05, 0.1) is 13.2 Å². The summed E-state index contributed by atoms with van der Waals surface area (Å²) in [6.07, 6.45) is 0.862. The average molecular weight is 398 g/mol. The summed E-state index contributed by atoms with van der Waals surface area (Å²) in [5.74, 6) is -0.134. The molecule has 1 aliphatic heterocycles. The Kier molecular flexibility index (Phi) is 7.84. The smallest absolute Gasteiger partial charge is 0.163 e. The summed E-state index contributed by atoms with van der Waals surface area (Å²) >= 11 is 0. The number of benzene rings is 2. The first-order valence-electron chi connectivity index (χ1n) is 10.7. The van der Waals surface area contributed by atoms with E-state index in [1.165, 1.54) is 11.1 Å². The van der Waals surface area contributed by atoms with Crippen molar-refractivity contribution in [1.29, 1.82) is 0 Å². The number of ether oxygens (including phenoxy) is 3. The second kappa shape index (κ2) is 10.4. The summed E-state index contributed by atoms with van der Waals surface area (Å²) in [5, 5.41) is 3.77. The summed E-state index contributed by atoms with van der Waals surface area (Å²) in [5.41, 5.74) is 2.44. The maximum atomic E-state index is 6.51. The van der Waals surface area contributed by atoms with Gasteiger partial charge in [-0.25, -0.2) is 0 Å². The highest BCUT2D eigenvalue weighted by Gasteiger charge is 2.42. The first-order chi connectivity index (χ1) is 14.0. The van der Waals surface area contributed by atoms with Crippen molar-refractivity contribution in [3.05, 3.63) is 71.8 Å². The number of hydrogen-bond donors (Lipinski definition) is 1. The fourth-order valence-corrected chi connectivity index (χ4v) is 3.81. The van der Waals surface area contributed by atoms with Crippen LogP contribution >= 0.6 is 0 Å². The monoisotopic (exact) mass is 397 g/mol. The molecule has 4 atom stereocenters. The molecule has 0 aromatic heterocycles. The van der Waals surface area contributed by atoms with Crippen LogP contribution < -0.4 is 5.32 Å². The van der Waals surface area contributed by atoms with Gasteiger partial charge in [-0.15, -0.1) is 0 Å². The van der Waals surface area contributed by atoms with Crippen molar-refractivity contribution in [2.75, 3.05) is 6.61 Å². The Balaban J connectivity index is 1.76. The minimum atomic E-state index is -0.571. The Morgan fingerprint density at radius 3 is 2.21 bits per heavy atom. The van der Waals surface area contributed by atoms with E-state index in [1.807, 2.05) is 38.1 Å². The summed E-state index contributed by atoms with van der Waals surface area (Å²) in [4.78, 5) is 0. The van der Waals surface area contributed by atoms with Gasteiger partial charge in [-0.3, -0.25) is 0 Å². The van der Waals surface area contributed by atoms with Crippen LogP contribution in [0.1, 0.15) is 45.2 Å². The van der Waals surface area contributed by atoms with Crippen molar-refractivity contribution in [2.45, 2.75) is 71.3 Å². The van der Waals surface area contributed by atoms with Crippen LogP contribution in [0.25, 0.3) is 0 Å². The largest absolute Gasteiger partial charge is 0.369 e. The highest BCUT2D eigenvalue weighted by atomic mass is 16.7. The molecule has 1 aliphatic rings. The Labute approximate surface area is 175 Å². The van der Waals surface area contributed by atoms with Crippen LogP contribution in [0.15, 0.2) is 60.7 Å². The quantitative estimate of drug-likeness (QED) is 0.617. The van der Waals surface area contributed by atoms with E-state index in [0.29, 0.717) is 19.1 Å². The van der Waals surface area contributed by atoms with Crippen LogP contribution in [0.4, 0.5) is 0 Å². The molecule has 1 fully saturated rings. The van der Waals surface area contributed by atoms with Gasteiger partial charge in [-0.05, 0) is 30.9 Å². The van der Waals surface area contributed by atoms with Gasteiger partial charge in [0.2, 0.25) is 0 Å². The van der Waals surface area contributed by atoms with E-state index in [-0.39, 0.29) is 18.2 Å². The average Bonchev–Trinajstić information content (AvgIpc) is 3.10. The zero-order valence-electron chi connectivity index (χ0n) is 18.1. The van der Waals surface area contributed by atoms with Crippen molar-refractivity contribution in [3.8, 4) is 0 Å². The molecule has 1 saturated heterocycles. The Bertz CT molecular complexity index is 719. The third kappa shape index (κ3) is 6.38. The fraction of sp³-hybridized carbons (Fsp3) is 0.520. The molecule has 0 aliphatic carbocycles. The lowest BCUT2D eigenvalue weighted by molar-refractivity contribution is -0.163. The molecule has 0 saturated carbocycles. The summed E-state index contributed by atoms with van der Waals surface area (Å²) in [7, 11) is 0. The van der Waals surface area contributed by atoms with E-state index in [2.05, 4.69) is 55.6 Å². The highest BCUT2D eigenvalue weighted by Crippen LogP contribution is 2.29. The zero-order chi connectivity index (χ0) is 20.7. The third-order valence-electron chi connectivity index (χ3n) is 5.68. The molecule has 29 heavy (non-hydrogen) atoms. The van der Waals surface area contributed by atoms with Gasteiger partial charge in [0.25, 0.3) is 0 Å². The normalized spacial score (nSPS) is 21.6. The first kappa shape index (κ1) is 22.0. The predicted octanol–water partition coefficient (Wildman–Crippen LogP) is 4.93. The topological polar surface area (TPSA) is 39.7 Å². The van der Waals surface area contributed by atoms with Crippen LogP contribution in [-0.2, 0) is 27.4 Å². The second-order valence-corrected chi connectivity index (χ2v) is 8.41. The van der Waals surface area contributed by atoms with Crippen molar-refractivity contribution in [2.24, 2.45) is 5.92 Å². The summed E-state index contributed by atoms with van der Waals surface area (Å²) in [6, 6.07) is 21.0. The molecule has 1 unspecified atom stereocenters. The van der Waals surface area contributed by atoms with Crippen LogP contribution in [0, 0.1) is 5.92 Å². The van der Waals surface area contributed by atoms with Gasteiger partial charge < -0.3 is 19.5 Å². The first-order valence-corrected chi connectivity index (χ1v) is 10.7. The van der Waals surface area contributed by atoms with Gasteiger partial charge in [-0.2, -0.15) is 0 Å². The molecule has 2 aromatic rings. The van der Waals surface area contributed by atoms with Gasteiger partial charge in [-0.1, -0.05) is 80.9 Å². The van der Waals surface area contributed by atoms with Crippen molar-refractivity contribution < 1.29 is 14.2 Å². The SMILES string of the molecule is CCC(C)[C@@H](NCc1ccccc1)[C@H](OCc1ccccc1)[C@@H]1COC(C)(C)O1. The molecule has 1 heterocycles. The van der Waals surface area contributed by atoms with Crippen LogP contribution in [0.2, 0.25) is 0 Å². The van der Waals surface area contributed by atoms with E-state index < -0.39 is 5.79 Å². The maximum absolute atomic E-state index is 6.51. The van der Waals surface area contributed by atoms with Gasteiger partial charge in [0.15, 0.2) is 5.79 Å². The molecule has 158 valence electrons. The number of hydrogen-bond acceptors (Lipinski definition) is 4. The van der Waals surface area contributed by atoms with E-state index >= 15 is 0 Å². The Hall–Kier alpha value is -1.72. The molecular formula is C25H35NO3. The molecular weight excluding hydrogens is 362 g/mol. The van der Waals surface area contributed by atoms with Gasteiger partial charge in [0.1, 0.15) is 12.2 Å². The lowest BCUT2D eigenvalue weighted by Gasteiger charge is -2.35. The van der Waals surface area contributed by atoms with E-state index in [4.69, 9.17) is 14.2 Å². The maximum Gasteiger partial charge on any atom is 0.163 e. The summed E-state index contributed by atoms with van der Waals surface area (Å²) in [6.45, 7) is 10.4. The molecule has 3 rings (SSSR count). The van der Waals surface area contributed by atoms with Crippen molar-refractivity contribution in [1.82, 2.24) is 5.32 Å². The predicted molar refractivity (Wildman–Crippen MR) is 116 cm³/mol. The van der Waals surface area contributed by atoms with Crippen LogP contribution in [-0.4, -0.2) is 30.6 Å². The zero-order valence-corrected chi connectivity index (χ0v) is 18.1. The van der Waals surface area contributed by atoms with Gasteiger partial charge >= 0.3 is 0 Å². The third-order valence-corrected chi connectivity index (χ3v) is 5.68. The number of rotatable bonds is 10. The number of nitrogens with one attached hydrogen (secondary N) is 1. The minimum Gasteiger partial charge on any atom is -0.369 e. The molecule has 4 heteroatoms. The van der Waals surface area contributed by atoms with Crippen LogP contribution in [0.5, 0.6) is 0 Å². The molecule has 0 bridgehead atoms. The fourth-order valence-electron chi connectivity index (χ4n) is 3.81. The van der Waals surface area contributed by atoms with Gasteiger partial charge in [0, 0.05) is 12.6 Å². The summed E-state index contributed by atoms with van der Waals surface area (Å²) < 4.78 is 18.6. The van der Waals surface area contributed by atoms with Crippen molar-refractivity contribution >= 4 is 0 Å². The lowest BCUT2D eigenvalue weighted by Crippen LogP contribution is -2.52. The van der Waals surface area contributed by atoms with E-state index in [1.54, 1.807) is 0 Å². The van der Waals surface area contributed by atoms with Crippen molar-refractivity contribution in [3.63, 3.8) is 0 Å². The molecule has 2 aromatic carbocycles. The molecule has 0 spiro atoms. The standard InChI is InChI=1S/C25H35NO3/c1-5-19(2)23(26-16-20-12-8-6-9-13-20)24(22-18-28-25(3,4)29-22)27-17-21-14-10-7-11-15-21/h6-15,19,22-24,26H,5,16-18H2,1-4H3/t19?,22-,23+,24+/m0/s1. The minimum absolute atomic E-state index is 0.101. The molecule has 4 nitrogen and oxygen atoms in total. The molecule has 0 amide bonds. The van der Waals surface area contributed by atoms with E-state index in [9.17, 15) is 0 Å². The highest BCUT2D eigenvalue weighted by molar-refractivity contribution is 5.15. The van der Waals surface area contributed by atoms with E-state index in [0.717, 1.165) is 13.0 Å².